The molecule has 0 radical (unpaired) electrons. The van der Waals surface area contributed by atoms with Crippen molar-refractivity contribution in [1.29, 1.82) is 0 Å². The Labute approximate surface area is 215 Å². The molecular weight excluding hydrogens is 466 g/mol. The summed E-state index contributed by atoms with van der Waals surface area (Å²) in [6, 6.07) is 29.0. The lowest BCUT2D eigenvalue weighted by molar-refractivity contribution is -0.519. The van der Waals surface area contributed by atoms with Gasteiger partial charge in [0, 0.05) is 28.5 Å². The van der Waals surface area contributed by atoms with Crippen LogP contribution in [0.2, 0.25) is 0 Å². The smallest absolute Gasteiger partial charge is 0.185 e. The fraction of sp³-hybridized carbons (Fsp3) is 0.156. The van der Waals surface area contributed by atoms with E-state index in [2.05, 4.69) is 95.7 Å². The molecule has 2 aromatic heterocycles. The van der Waals surface area contributed by atoms with E-state index in [1.807, 2.05) is 25.1 Å². The predicted molar refractivity (Wildman–Crippen MR) is 136 cm³/mol. The number of furan rings is 2. The molecular formula is C32H24ClNO2. The van der Waals surface area contributed by atoms with Crippen LogP contribution in [0.4, 0.5) is 0 Å². The molecule has 3 atom stereocenters. The van der Waals surface area contributed by atoms with Crippen molar-refractivity contribution < 1.29 is 25.8 Å². The van der Waals surface area contributed by atoms with Crippen molar-refractivity contribution in [2.75, 3.05) is 0 Å². The number of fused-ring (bicyclic) bond motifs is 2. The van der Waals surface area contributed by atoms with E-state index in [0.717, 1.165) is 6.42 Å². The molecule has 0 amide bonds. The Morgan fingerprint density at radius 3 is 2.14 bits per heavy atom. The lowest BCUT2D eigenvalue weighted by atomic mass is 9.53. The van der Waals surface area contributed by atoms with Gasteiger partial charge in [0.25, 0.3) is 0 Å². The molecule has 0 saturated heterocycles. The first-order valence-corrected chi connectivity index (χ1v) is 12.3. The van der Waals surface area contributed by atoms with Crippen LogP contribution in [0.5, 0.6) is 0 Å². The molecule has 9 rings (SSSR count). The minimum absolute atomic E-state index is 0. The number of hydrogen-bond acceptors (Lipinski definition) is 2. The fourth-order valence-corrected chi connectivity index (χ4v) is 7.23. The molecule has 2 bridgehead atoms. The Morgan fingerprint density at radius 2 is 1.39 bits per heavy atom. The Bertz CT molecular complexity index is 1610. The third-order valence-electron chi connectivity index (χ3n) is 8.59. The molecule has 1 aliphatic carbocycles. The minimum atomic E-state index is -0.250. The van der Waals surface area contributed by atoms with Crippen molar-refractivity contribution in [3.8, 4) is 0 Å². The van der Waals surface area contributed by atoms with Crippen molar-refractivity contribution in [2.45, 2.75) is 29.7 Å². The highest BCUT2D eigenvalue weighted by Gasteiger charge is 2.63. The van der Waals surface area contributed by atoms with E-state index in [-0.39, 0.29) is 35.7 Å². The van der Waals surface area contributed by atoms with Crippen LogP contribution >= 0.6 is 0 Å². The van der Waals surface area contributed by atoms with Crippen molar-refractivity contribution in [3.05, 3.63) is 144 Å². The normalized spacial score (nSPS) is 22.9. The molecule has 3 aromatic carbocycles. The summed E-state index contributed by atoms with van der Waals surface area (Å²) in [5, 5.41) is 2.61. The van der Waals surface area contributed by atoms with Crippen LogP contribution in [0.3, 0.4) is 0 Å². The van der Waals surface area contributed by atoms with Gasteiger partial charge in [0.05, 0.1) is 36.9 Å². The van der Waals surface area contributed by atoms with Crippen LogP contribution in [0, 0.1) is 0 Å². The lowest BCUT2D eigenvalue weighted by Crippen LogP contribution is -3.00. The molecule has 3 aliphatic heterocycles. The SMILES string of the molecule is C1=C[N+]2=C(C1c1cccc3ccccc13)C1c3ccccc3C2CC1(c1ccoc1)c1ccoc1.[Cl-]. The van der Waals surface area contributed by atoms with Crippen molar-refractivity contribution in [1.82, 2.24) is 0 Å². The molecule has 36 heavy (non-hydrogen) atoms. The van der Waals surface area contributed by atoms with Crippen LogP contribution in [-0.2, 0) is 5.41 Å². The monoisotopic (exact) mass is 489 g/mol. The number of nitrogens with zero attached hydrogens (tertiary/aromatic N) is 1. The first kappa shape index (κ1) is 21.5. The van der Waals surface area contributed by atoms with Crippen molar-refractivity contribution in [2.24, 2.45) is 0 Å². The molecule has 0 spiro atoms. The summed E-state index contributed by atoms with van der Waals surface area (Å²) in [5.74, 6) is 0.373. The molecule has 4 heteroatoms. The van der Waals surface area contributed by atoms with Gasteiger partial charge in [-0.3, -0.25) is 0 Å². The second-order valence-corrected chi connectivity index (χ2v) is 10.00. The standard InChI is InChI=1S/C32H24NO2.ClH/c1-2-8-24-21(6-1)7-5-11-25(24)28-12-15-33-29-18-32(22-13-16-34-19-22,23-14-17-35-20-23)30(31(28)33)27-10-4-3-9-26(27)29;/h1-17,19-20,28-30H,18H2;1H/q+1;/p-1. The molecule has 0 fully saturated rings. The van der Waals surface area contributed by atoms with Gasteiger partial charge in [-0.05, 0) is 40.1 Å². The number of halogens is 1. The predicted octanol–water partition coefficient (Wildman–Crippen LogP) is 4.32. The average Bonchev–Trinajstić information content (AvgIpc) is 3.70. The van der Waals surface area contributed by atoms with Crippen LogP contribution in [0.25, 0.3) is 10.8 Å². The topological polar surface area (TPSA) is 29.3 Å². The maximum atomic E-state index is 5.70. The van der Waals surface area contributed by atoms with Gasteiger partial charge < -0.3 is 21.2 Å². The van der Waals surface area contributed by atoms with E-state index in [9.17, 15) is 0 Å². The Balaban J connectivity index is 0.00000220. The summed E-state index contributed by atoms with van der Waals surface area (Å²) in [6.07, 6.45) is 13.2. The first-order chi connectivity index (χ1) is 17.4. The minimum Gasteiger partial charge on any atom is -1.00 e. The molecule has 3 unspecified atom stereocenters. The molecule has 176 valence electrons. The van der Waals surface area contributed by atoms with Gasteiger partial charge in [0.15, 0.2) is 18.0 Å². The quantitative estimate of drug-likeness (QED) is 0.353. The molecule has 4 aliphatic rings. The highest BCUT2D eigenvalue weighted by Crippen LogP contribution is 2.61. The molecule has 5 heterocycles. The number of allylic oxidation sites excluding steroid dienone is 1. The summed E-state index contributed by atoms with van der Waals surface area (Å²) in [7, 11) is 0. The van der Waals surface area contributed by atoms with Crippen LogP contribution < -0.4 is 12.4 Å². The lowest BCUT2D eigenvalue weighted by Gasteiger charge is -2.49. The summed E-state index contributed by atoms with van der Waals surface area (Å²) in [6.45, 7) is 0. The second kappa shape index (κ2) is 7.84. The zero-order valence-corrected chi connectivity index (χ0v) is 20.3. The van der Waals surface area contributed by atoms with E-state index >= 15 is 0 Å². The third kappa shape index (κ3) is 2.67. The van der Waals surface area contributed by atoms with Crippen LogP contribution in [0.15, 0.2) is 125 Å². The maximum Gasteiger partial charge on any atom is 0.185 e. The Morgan fingerprint density at radius 1 is 0.722 bits per heavy atom. The van der Waals surface area contributed by atoms with E-state index in [1.54, 1.807) is 0 Å². The van der Waals surface area contributed by atoms with Gasteiger partial charge in [0.1, 0.15) is 0 Å². The van der Waals surface area contributed by atoms with E-state index in [0.29, 0.717) is 0 Å². The Kier molecular flexibility index (Phi) is 4.67. The number of benzene rings is 3. The maximum absolute atomic E-state index is 5.70. The number of rotatable bonds is 3. The highest BCUT2D eigenvalue weighted by atomic mass is 35.5. The molecule has 0 saturated carbocycles. The third-order valence-corrected chi connectivity index (χ3v) is 8.59. The zero-order valence-electron chi connectivity index (χ0n) is 19.6. The van der Waals surface area contributed by atoms with Gasteiger partial charge in [-0.1, -0.05) is 66.7 Å². The van der Waals surface area contributed by atoms with Gasteiger partial charge in [-0.2, -0.15) is 4.58 Å². The van der Waals surface area contributed by atoms with Crippen LogP contribution in [-0.4, -0.2) is 10.3 Å². The summed E-state index contributed by atoms with van der Waals surface area (Å²) < 4.78 is 14.0. The molecule has 3 nitrogen and oxygen atoms in total. The van der Waals surface area contributed by atoms with Crippen molar-refractivity contribution in [3.63, 3.8) is 0 Å². The second-order valence-electron chi connectivity index (χ2n) is 10.00. The van der Waals surface area contributed by atoms with E-state index < -0.39 is 0 Å². The summed E-state index contributed by atoms with van der Waals surface area (Å²) in [5.41, 5.74) is 7.88. The van der Waals surface area contributed by atoms with Gasteiger partial charge in [-0.25, -0.2) is 0 Å². The van der Waals surface area contributed by atoms with E-state index in [1.165, 1.54) is 44.3 Å². The Hall–Kier alpha value is -3.82. The highest BCUT2D eigenvalue weighted by molar-refractivity contribution is 6.02. The largest absolute Gasteiger partial charge is 1.00 e. The van der Waals surface area contributed by atoms with Crippen LogP contribution in [0.1, 0.15) is 52.1 Å². The molecule has 5 aromatic rings. The average molecular weight is 490 g/mol. The zero-order chi connectivity index (χ0) is 23.0. The van der Waals surface area contributed by atoms with E-state index in [4.69, 9.17) is 8.83 Å². The molecule has 0 N–H and O–H groups in total. The van der Waals surface area contributed by atoms with Gasteiger partial charge in [0.2, 0.25) is 0 Å². The fourth-order valence-electron chi connectivity index (χ4n) is 7.23. The number of hydrogen-bond donors (Lipinski definition) is 0. The van der Waals surface area contributed by atoms with Crippen molar-refractivity contribution >= 4 is 16.5 Å². The van der Waals surface area contributed by atoms with Gasteiger partial charge >= 0.3 is 0 Å². The summed E-state index contributed by atoms with van der Waals surface area (Å²) in [4.78, 5) is 0. The first-order valence-electron chi connectivity index (χ1n) is 12.3. The van der Waals surface area contributed by atoms with Gasteiger partial charge in [-0.15, -0.1) is 0 Å². The summed E-state index contributed by atoms with van der Waals surface area (Å²) >= 11 is 0.